The summed E-state index contributed by atoms with van der Waals surface area (Å²) in [6.45, 7) is 2.26. The number of carboxylic acids is 1. The summed E-state index contributed by atoms with van der Waals surface area (Å²) in [6.07, 6.45) is 3.36. The van der Waals surface area contributed by atoms with Crippen LogP contribution in [0.1, 0.15) is 11.6 Å². The van der Waals surface area contributed by atoms with Crippen molar-refractivity contribution in [1.82, 2.24) is 14.9 Å². The number of hydrogen-bond acceptors (Lipinski definition) is 6. The fourth-order valence-corrected chi connectivity index (χ4v) is 3.03. The third-order valence-electron chi connectivity index (χ3n) is 4.24. The number of halogens is 1. The largest absolute Gasteiger partial charge is 0.496 e. The molecule has 1 aliphatic heterocycles. The molecule has 1 aliphatic rings. The minimum atomic E-state index is -0.991. The van der Waals surface area contributed by atoms with Gasteiger partial charge in [0, 0.05) is 50.2 Å². The Kier molecular flexibility index (Phi) is 5.08. The molecule has 0 saturated carbocycles. The third kappa shape index (κ3) is 3.69. The van der Waals surface area contributed by atoms with E-state index in [0.29, 0.717) is 37.7 Å². The van der Waals surface area contributed by atoms with Crippen molar-refractivity contribution in [3.8, 4) is 5.75 Å². The van der Waals surface area contributed by atoms with Crippen LogP contribution in [0.25, 0.3) is 0 Å². The molecule has 0 bridgehead atoms. The number of carboxylic acid groups (broad SMARTS) is 1. The van der Waals surface area contributed by atoms with E-state index in [2.05, 4.69) is 9.97 Å². The Morgan fingerprint density at radius 1 is 1.24 bits per heavy atom. The van der Waals surface area contributed by atoms with Gasteiger partial charge in [0.2, 0.25) is 5.95 Å². The lowest BCUT2D eigenvalue weighted by atomic mass is 10.0. The first-order valence-electron chi connectivity index (χ1n) is 7.92. The first kappa shape index (κ1) is 17.1. The van der Waals surface area contributed by atoms with E-state index in [1.54, 1.807) is 18.5 Å². The summed E-state index contributed by atoms with van der Waals surface area (Å²) in [5.74, 6) is -0.584. The lowest BCUT2D eigenvalue weighted by Gasteiger charge is -2.38. The number of aromatic nitrogens is 2. The second-order valence-electron chi connectivity index (χ2n) is 5.70. The number of rotatable bonds is 5. The highest BCUT2D eigenvalue weighted by Crippen LogP contribution is 2.31. The maximum absolute atomic E-state index is 13.4. The Labute approximate surface area is 144 Å². The number of methoxy groups -OCH3 is 1. The summed E-state index contributed by atoms with van der Waals surface area (Å²) in [7, 11) is 1.40. The predicted octanol–water partition coefficient (Wildman–Crippen LogP) is 1.57. The smallest absolute Gasteiger partial charge is 0.325 e. The summed E-state index contributed by atoms with van der Waals surface area (Å²) in [5.41, 5.74) is 0.445. The zero-order valence-corrected chi connectivity index (χ0v) is 13.8. The highest BCUT2D eigenvalue weighted by atomic mass is 19.1. The highest BCUT2D eigenvalue weighted by molar-refractivity contribution is 5.76. The molecule has 3 rings (SSSR count). The van der Waals surface area contributed by atoms with E-state index in [1.165, 1.54) is 25.3 Å². The molecular weight excluding hydrogens is 327 g/mol. The molecule has 2 heterocycles. The van der Waals surface area contributed by atoms with E-state index < -0.39 is 17.8 Å². The number of nitrogens with zero attached hydrogens (tertiary/aromatic N) is 4. The number of piperazine rings is 1. The fourth-order valence-electron chi connectivity index (χ4n) is 3.03. The van der Waals surface area contributed by atoms with Crippen LogP contribution in [0.4, 0.5) is 10.3 Å². The maximum atomic E-state index is 13.4. The number of anilines is 1. The lowest BCUT2D eigenvalue weighted by Crippen LogP contribution is -2.49. The van der Waals surface area contributed by atoms with Gasteiger partial charge in [0.25, 0.3) is 0 Å². The molecular formula is C17H19FN4O3. The minimum Gasteiger partial charge on any atom is -0.496 e. The molecule has 7 nitrogen and oxygen atoms in total. The molecule has 0 radical (unpaired) electrons. The average molecular weight is 346 g/mol. The first-order chi connectivity index (χ1) is 12.1. The number of ether oxygens (including phenoxy) is 1. The van der Waals surface area contributed by atoms with E-state index in [0.717, 1.165) is 0 Å². The second-order valence-corrected chi connectivity index (χ2v) is 5.70. The van der Waals surface area contributed by atoms with Gasteiger partial charge in [0.1, 0.15) is 17.6 Å². The van der Waals surface area contributed by atoms with Crippen LogP contribution in [0, 0.1) is 5.82 Å². The van der Waals surface area contributed by atoms with Gasteiger partial charge in [-0.05, 0) is 12.1 Å². The lowest BCUT2D eigenvalue weighted by molar-refractivity contribution is -0.143. The van der Waals surface area contributed by atoms with Gasteiger partial charge in [0.05, 0.1) is 7.11 Å². The Bertz CT molecular complexity index is 736. The molecule has 25 heavy (non-hydrogen) atoms. The zero-order chi connectivity index (χ0) is 17.8. The standard InChI is InChI=1S/C17H19FN4O3/c1-25-14-11-12(18)3-4-13(14)15(16(23)24)21-7-9-22(10-8-21)17-19-5-2-6-20-17/h2-6,11,15H,7-10H2,1H3,(H,23,24). The second kappa shape index (κ2) is 7.43. The Morgan fingerprint density at radius 3 is 2.52 bits per heavy atom. The SMILES string of the molecule is COc1cc(F)ccc1C(C(=O)O)N1CCN(c2ncccn2)CC1. The van der Waals surface area contributed by atoms with E-state index in [4.69, 9.17) is 4.74 Å². The van der Waals surface area contributed by atoms with Crippen LogP contribution in [0.2, 0.25) is 0 Å². The van der Waals surface area contributed by atoms with Crippen LogP contribution in [-0.2, 0) is 4.79 Å². The van der Waals surface area contributed by atoms with Crippen LogP contribution >= 0.6 is 0 Å². The van der Waals surface area contributed by atoms with Crippen molar-refractivity contribution in [3.63, 3.8) is 0 Å². The molecule has 0 aliphatic carbocycles. The molecule has 0 spiro atoms. The molecule has 1 aromatic heterocycles. The average Bonchev–Trinajstić information content (AvgIpc) is 2.64. The van der Waals surface area contributed by atoms with Crippen molar-refractivity contribution in [2.24, 2.45) is 0 Å². The molecule has 1 N–H and O–H groups in total. The molecule has 1 fully saturated rings. The van der Waals surface area contributed by atoms with Gasteiger partial charge in [0.15, 0.2) is 0 Å². The summed E-state index contributed by atoms with van der Waals surface area (Å²) in [6, 6.07) is 4.79. The summed E-state index contributed by atoms with van der Waals surface area (Å²) in [4.78, 5) is 24.2. The monoisotopic (exact) mass is 346 g/mol. The van der Waals surface area contributed by atoms with Gasteiger partial charge in [-0.15, -0.1) is 0 Å². The van der Waals surface area contributed by atoms with Gasteiger partial charge in [-0.3, -0.25) is 9.69 Å². The molecule has 1 aromatic carbocycles. The molecule has 1 atom stereocenters. The van der Waals surface area contributed by atoms with Crippen LogP contribution < -0.4 is 9.64 Å². The Hall–Kier alpha value is -2.74. The van der Waals surface area contributed by atoms with Crippen molar-refractivity contribution in [2.45, 2.75) is 6.04 Å². The predicted molar refractivity (Wildman–Crippen MR) is 89.1 cm³/mol. The van der Waals surface area contributed by atoms with Crippen molar-refractivity contribution in [2.75, 3.05) is 38.2 Å². The van der Waals surface area contributed by atoms with Crippen molar-refractivity contribution in [1.29, 1.82) is 0 Å². The highest BCUT2D eigenvalue weighted by Gasteiger charge is 2.33. The van der Waals surface area contributed by atoms with Crippen LogP contribution in [0.5, 0.6) is 5.75 Å². The molecule has 2 aromatic rings. The maximum Gasteiger partial charge on any atom is 0.325 e. The Morgan fingerprint density at radius 2 is 1.92 bits per heavy atom. The quantitative estimate of drug-likeness (QED) is 0.880. The Balaban J connectivity index is 1.78. The summed E-state index contributed by atoms with van der Waals surface area (Å²) >= 11 is 0. The van der Waals surface area contributed by atoms with E-state index >= 15 is 0 Å². The summed E-state index contributed by atoms with van der Waals surface area (Å²) in [5, 5.41) is 9.72. The van der Waals surface area contributed by atoms with E-state index in [-0.39, 0.29) is 5.75 Å². The van der Waals surface area contributed by atoms with Crippen molar-refractivity contribution in [3.05, 3.63) is 48.0 Å². The molecule has 132 valence electrons. The van der Waals surface area contributed by atoms with Gasteiger partial charge in [-0.1, -0.05) is 6.07 Å². The van der Waals surface area contributed by atoms with Gasteiger partial charge in [-0.25, -0.2) is 14.4 Å². The zero-order valence-electron chi connectivity index (χ0n) is 13.8. The van der Waals surface area contributed by atoms with Gasteiger partial charge >= 0.3 is 5.97 Å². The number of benzene rings is 1. The van der Waals surface area contributed by atoms with Crippen molar-refractivity contribution < 1.29 is 19.0 Å². The number of aliphatic carboxylic acids is 1. The van der Waals surface area contributed by atoms with Crippen molar-refractivity contribution >= 4 is 11.9 Å². The van der Waals surface area contributed by atoms with Crippen LogP contribution in [-0.4, -0.2) is 59.2 Å². The van der Waals surface area contributed by atoms with Crippen LogP contribution in [0.3, 0.4) is 0 Å². The molecule has 8 heteroatoms. The topological polar surface area (TPSA) is 78.8 Å². The van der Waals surface area contributed by atoms with Gasteiger partial charge in [-0.2, -0.15) is 0 Å². The molecule has 1 saturated heterocycles. The van der Waals surface area contributed by atoms with E-state index in [9.17, 15) is 14.3 Å². The normalized spacial score (nSPS) is 16.5. The number of hydrogen-bond donors (Lipinski definition) is 1. The minimum absolute atomic E-state index is 0.237. The fraction of sp³-hybridized carbons (Fsp3) is 0.353. The molecule has 1 unspecified atom stereocenters. The first-order valence-corrected chi connectivity index (χ1v) is 7.92. The summed E-state index contributed by atoms with van der Waals surface area (Å²) < 4.78 is 18.6. The van der Waals surface area contributed by atoms with Crippen LogP contribution in [0.15, 0.2) is 36.7 Å². The number of carbonyl (C=O) groups is 1. The van der Waals surface area contributed by atoms with Gasteiger partial charge < -0.3 is 14.7 Å². The van der Waals surface area contributed by atoms with E-state index in [1.807, 2.05) is 9.80 Å². The third-order valence-corrected chi connectivity index (χ3v) is 4.24. The molecule has 0 amide bonds.